The van der Waals surface area contributed by atoms with Gasteiger partial charge in [0.1, 0.15) is 0 Å². The summed E-state index contributed by atoms with van der Waals surface area (Å²) in [5, 5.41) is 10.0. The molecule has 0 aliphatic rings. The van der Waals surface area contributed by atoms with E-state index >= 15 is 0 Å². The lowest BCUT2D eigenvalue weighted by Gasteiger charge is -2.23. The van der Waals surface area contributed by atoms with Crippen molar-refractivity contribution in [1.29, 1.82) is 0 Å². The third-order valence-electron chi connectivity index (χ3n) is 3.31. The molecule has 0 atom stereocenters. The molecule has 0 aliphatic heterocycles. The van der Waals surface area contributed by atoms with Gasteiger partial charge in [0.05, 0.1) is 0 Å². The van der Waals surface area contributed by atoms with E-state index < -0.39 is 15.6 Å². The highest BCUT2D eigenvalue weighted by molar-refractivity contribution is 7.89. The molecule has 0 unspecified atom stereocenters. The number of sulfonamides is 1. The number of nitrogens with one attached hydrogen (secondary N) is 3. The molecule has 20 heavy (non-hydrogen) atoms. The molecule has 0 aliphatic carbocycles. The number of aryl methyl sites for hydroxylation is 1. The molecule has 1 aromatic heterocycles. The first-order valence-corrected chi connectivity index (χ1v) is 8.50. The third-order valence-corrected chi connectivity index (χ3v) is 4.98. The number of nitrogens with zero attached hydrogens (tertiary/aromatic N) is 1. The molecule has 1 aromatic rings. The molecule has 0 saturated heterocycles. The zero-order chi connectivity index (χ0) is 15.4. The van der Waals surface area contributed by atoms with E-state index in [4.69, 9.17) is 0 Å². The summed E-state index contributed by atoms with van der Waals surface area (Å²) in [5.74, 6) is 0. The number of hydrogen-bond acceptors (Lipinski definition) is 4. The lowest BCUT2D eigenvalue weighted by atomic mass is 10.0. The third kappa shape index (κ3) is 4.29. The van der Waals surface area contributed by atoms with Crippen LogP contribution in [0.2, 0.25) is 0 Å². The lowest BCUT2D eigenvalue weighted by Crippen LogP contribution is -2.43. The van der Waals surface area contributed by atoms with Crippen LogP contribution in [0.5, 0.6) is 0 Å². The van der Waals surface area contributed by atoms with Crippen molar-refractivity contribution < 1.29 is 8.42 Å². The molecule has 116 valence electrons. The molecular weight excluding hydrogens is 276 g/mol. The van der Waals surface area contributed by atoms with E-state index in [9.17, 15) is 8.42 Å². The van der Waals surface area contributed by atoms with Crippen LogP contribution >= 0.6 is 0 Å². The summed E-state index contributed by atoms with van der Waals surface area (Å²) >= 11 is 0. The van der Waals surface area contributed by atoms with Crippen LogP contribution in [0.15, 0.2) is 5.03 Å². The molecule has 6 nitrogen and oxygen atoms in total. The maximum Gasteiger partial charge on any atom is 0.260 e. The maximum absolute atomic E-state index is 12.5. The van der Waals surface area contributed by atoms with Crippen molar-refractivity contribution in [2.45, 2.75) is 64.6 Å². The molecule has 1 rings (SSSR count). The van der Waals surface area contributed by atoms with Crippen LogP contribution in [0.1, 0.15) is 51.8 Å². The SMILES string of the molecule is CCCNCc1c(S(=O)(=O)NC(C)(C)CC)n[nH]c1C. The van der Waals surface area contributed by atoms with Gasteiger partial charge >= 0.3 is 0 Å². The Kier molecular flexibility index (Phi) is 5.73. The topological polar surface area (TPSA) is 86.9 Å². The Hall–Kier alpha value is -0.920. The smallest absolute Gasteiger partial charge is 0.260 e. The lowest BCUT2D eigenvalue weighted by molar-refractivity contribution is 0.438. The Bertz CT molecular complexity index is 535. The molecule has 0 aromatic carbocycles. The second-order valence-electron chi connectivity index (χ2n) is 5.65. The van der Waals surface area contributed by atoms with Gasteiger partial charge in [-0.2, -0.15) is 5.10 Å². The highest BCUT2D eigenvalue weighted by atomic mass is 32.2. The first-order chi connectivity index (χ1) is 9.23. The van der Waals surface area contributed by atoms with Gasteiger partial charge in [-0.1, -0.05) is 13.8 Å². The molecule has 0 fully saturated rings. The Morgan fingerprint density at radius 2 is 1.95 bits per heavy atom. The summed E-state index contributed by atoms with van der Waals surface area (Å²) in [5.41, 5.74) is 1.00. The molecule has 0 radical (unpaired) electrons. The largest absolute Gasteiger partial charge is 0.313 e. The summed E-state index contributed by atoms with van der Waals surface area (Å²) < 4.78 is 27.6. The Labute approximate surface area is 121 Å². The fourth-order valence-corrected chi connectivity index (χ4v) is 3.42. The second kappa shape index (κ2) is 6.69. The fourth-order valence-electron chi connectivity index (χ4n) is 1.73. The van der Waals surface area contributed by atoms with Gasteiger partial charge in [-0.3, -0.25) is 5.10 Å². The maximum atomic E-state index is 12.5. The minimum absolute atomic E-state index is 0.0973. The van der Waals surface area contributed by atoms with Crippen LogP contribution in [0.3, 0.4) is 0 Å². The van der Waals surface area contributed by atoms with E-state index in [-0.39, 0.29) is 5.03 Å². The molecule has 0 spiro atoms. The van der Waals surface area contributed by atoms with Crippen molar-refractivity contribution in [2.75, 3.05) is 6.54 Å². The molecular formula is C13H26N4O2S. The fraction of sp³-hybridized carbons (Fsp3) is 0.769. The summed E-state index contributed by atoms with van der Waals surface area (Å²) in [4.78, 5) is 0. The van der Waals surface area contributed by atoms with E-state index in [1.54, 1.807) is 0 Å². The summed E-state index contributed by atoms with van der Waals surface area (Å²) in [6, 6.07) is 0. The van der Waals surface area contributed by atoms with Gasteiger partial charge in [-0.15, -0.1) is 0 Å². The zero-order valence-corrected chi connectivity index (χ0v) is 13.8. The number of hydrogen-bond donors (Lipinski definition) is 3. The van der Waals surface area contributed by atoms with Crippen molar-refractivity contribution in [1.82, 2.24) is 20.2 Å². The number of aromatic amines is 1. The molecule has 3 N–H and O–H groups in total. The molecule has 1 heterocycles. The van der Waals surface area contributed by atoms with Crippen molar-refractivity contribution in [2.24, 2.45) is 0 Å². The van der Waals surface area contributed by atoms with Gasteiger partial charge in [0, 0.05) is 23.3 Å². The van der Waals surface area contributed by atoms with E-state index in [0.717, 1.165) is 18.7 Å². The normalized spacial score (nSPS) is 12.8. The molecule has 0 amide bonds. The van der Waals surface area contributed by atoms with Gasteiger partial charge < -0.3 is 5.32 Å². The zero-order valence-electron chi connectivity index (χ0n) is 13.0. The van der Waals surface area contributed by atoms with E-state index in [2.05, 4.69) is 27.2 Å². The first-order valence-electron chi connectivity index (χ1n) is 7.02. The highest BCUT2D eigenvalue weighted by Gasteiger charge is 2.29. The summed E-state index contributed by atoms with van der Waals surface area (Å²) in [6.07, 6.45) is 1.71. The van der Waals surface area contributed by atoms with Crippen LogP contribution in [-0.4, -0.2) is 30.7 Å². The first kappa shape index (κ1) is 17.1. The number of rotatable bonds is 8. The monoisotopic (exact) mass is 302 g/mol. The van der Waals surface area contributed by atoms with Gasteiger partial charge in [-0.05, 0) is 40.2 Å². The Morgan fingerprint density at radius 3 is 2.50 bits per heavy atom. The average molecular weight is 302 g/mol. The van der Waals surface area contributed by atoms with Crippen molar-refractivity contribution >= 4 is 10.0 Å². The predicted octanol–water partition coefficient (Wildman–Crippen LogP) is 1.68. The van der Waals surface area contributed by atoms with Gasteiger partial charge in [0.15, 0.2) is 5.03 Å². The standard InChI is InChI=1S/C13H26N4O2S/c1-6-8-14-9-11-10(3)15-16-12(11)20(18,19)17-13(4,5)7-2/h14,17H,6-9H2,1-5H3,(H,15,16). The number of H-pyrrole nitrogens is 1. The van der Waals surface area contributed by atoms with Crippen molar-refractivity contribution in [3.8, 4) is 0 Å². The Morgan fingerprint density at radius 1 is 1.30 bits per heavy atom. The van der Waals surface area contributed by atoms with Crippen LogP contribution in [0.25, 0.3) is 0 Å². The van der Waals surface area contributed by atoms with Crippen LogP contribution < -0.4 is 10.0 Å². The van der Waals surface area contributed by atoms with Gasteiger partial charge in [0.2, 0.25) is 0 Å². The minimum Gasteiger partial charge on any atom is -0.313 e. The quantitative estimate of drug-likeness (QED) is 0.638. The van der Waals surface area contributed by atoms with Crippen molar-refractivity contribution in [3.05, 3.63) is 11.3 Å². The van der Waals surface area contributed by atoms with Crippen LogP contribution in [-0.2, 0) is 16.6 Å². The van der Waals surface area contributed by atoms with Crippen molar-refractivity contribution in [3.63, 3.8) is 0 Å². The summed E-state index contributed by atoms with van der Waals surface area (Å²) in [6.45, 7) is 10.9. The van der Waals surface area contributed by atoms with E-state index in [0.29, 0.717) is 18.5 Å². The molecule has 0 saturated carbocycles. The average Bonchev–Trinajstić information content (AvgIpc) is 2.71. The molecule has 7 heteroatoms. The van der Waals surface area contributed by atoms with E-state index in [1.165, 1.54) is 0 Å². The Balaban J connectivity index is 3.01. The highest BCUT2D eigenvalue weighted by Crippen LogP contribution is 2.19. The molecule has 0 bridgehead atoms. The summed E-state index contributed by atoms with van der Waals surface area (Å²) in [7, 11) is -3.61. The second-order valence-corrected chi connectivity index (χ2v) is 7.25. The minimum atomic E-state index is -3.61. The predicted molar refractivity (Wildman–Crippen MR) is 80.0 cm³/mol. The number of aromatic nitrogens is 2. The van der Waals surface area contributed by atoms with Gasteiger partial charge in [-0.25, -0.2) is 13.1 Å². The van der Waals surface area contributed by atoms with E-state index in [1.807, 2.05) is 27.7 Å². The van der Waals surface area contributed by atoms with Crippen LogP contribution in [0, 0.1) is 6.92 Å². The van der Waals surface area contributed by atoms with Gasteiger partial charge in [0.25, 0.3) is 10.0 Å². The van der Waals surface area contributed by atoms with Crippen LogP contribution in [0.4, 0.5) is 0 Å².